The number of aromatic carboxylic acids is 1. The molecule has 4 rings (SSSR count). The molecule has 0 spiro atoms. The number of nitrogens with zero attached hydrogens (tertiary/aromatic N) is 1. The highest BCUT2D eigenvalue weighted by Crippen LogP contribution is 2.40. The van der Waals surface area contributed by atoms with Crippen LogP contribution in [0.15, 0.2) is 36.4 Å². The van der Waals surface area contributed by atoms with Crippen molar-refractivity contribution in [3.8, 4) is 0 Å². The van der Waals surface area contributed by atoms with E-state index in [0.717, 1.165) is 11.3 Å². The van der Waals surface area contributed by atoms with Crippen molar-refractivity contribution in [2.45, 2.75) is 83.0 Å². The summed E-state index contributed by atoms with van der Waals surface area (Å²) in [6.07, 6.45) is 13.4. The van der Waals surface area contributed by atoms with Crippen molar-refractivity contribution in [3.63, 3.8) is 0 Å². The largest absolute Gasteiger partial charge is 0.478 e. The molecule has 2 saturated carbocycles. The molecule has 1 N–H and O–H groups in total. The van der Waals surface area contributed by atoms with Gasteiger partial charge in [0.05, 0.1) is 5.56 Å². The van der Waals surface area contributed by atoms with Crippen LogP contribution in [0, 0.1) is 6.92 Å². The molecule has 0 unspecified atom stereocenters. The van der Waals surface area contributed by atoms with Crippen LogP contribution in [0.2, 0.25) is 0 Å². The van der Waals surface area contributed by atoms with E-state index >= 15 is 0 Å². The van der Waals surface area contributed by atoms with Gasteiger partial charge in [0, 0.05) is 18.4 Å². The van der Waals surface area contributed by atoms with Gasteiger partial charge >= 0.3 is 5.97 Å². The van der Waals surface area contributed by atoms with Crippen LogP contribution in [0.25, 0.3) is 0 Å². The molecule has 2 aromatic carbocycles. The minimum absolute atomic E-state index is 0.381. The topological polar surface area (TPSA) is 40.5 Å². The van der Waals surface area contributed by atoms with Gasteiger partial charge in [0.15, 0.2) is 0 Å². The molecule has 2 fully saturated rings. The Bertz CT molecular complexity index is 855. The van der Waals surface area contributed by atoms with Gasteiger partial charge in [0.2, 0.25) is 0 Å². The number of aryl methyl sites for hydroxylation is 1. The summed E-state index contributed by atoms with van der Waals surface area (Å²) < 4.78 is 0. The molecule has 0 aliphatic heterocycles. The van der Waals surface area contributed by atoms with Crippen LogP contribution < -0.4 is 4.90 Å². The molecular formula is C27H35NO2. The standard InChI is InChI=1S/C27H35NO2/c1-19-15-24(13-14-26(19)27(29)30)28(2)25-17-22(20-9-5-3-6-10-20)16-23(18-25)21-11-7-4-8-12-21/h13-18,20-21H,3-12H2,1-2H3,(H,29,30). The predicted molar refractivity (Wildman–Crippen MR) is 124 cm³/mol. The van der Waals surface area contributed by atoms with Crippen molar-refractivity contribution in [1.29, 1.82) is 0 Å². The normalized spacial score (nSPS) is 18.3. The highest BCUT2D eigenvalue weighted by Gasteiger charge is 2.22. The molecule has 0 atom stereocenters. The van der Waals surface area contributed by atoms with Crippen LogP contribution in [-0.2, 0) is 0 Å². The number of carboxylic acids is 1. The highest BCUT2D eigenvalue weighted by atomic mass is 16.4. The Morgan fingerprint density at radius 1 is 0.800 bits per heavy atom. The van der Waals surface area contributed by atoms with E-state index in [1.807, 2.05) is 19.1 Å². The summed E-state index contributed by atoms with van der Waals surface area (Å²) in [5.41, 5.74) is 6.50. The van der Waals surface area contributed by atoms with Gasteiger partial charge in [-0.2, -0.15) is 0 Å². The summed E-state index contributed by atoms with van der Waals surface area (Å²) in [6, 6.07) is 13.0. The molecule has 0 bridgehead atoms. The number of hydrogen-bond donors (Lipinski definition) is 1. The zero-order valence-corrected chi connectivity index (χ0v) is 18.5. The molecule has 0 heterocycles. The lowest BCUT2D eigenvalue weighted by atomic mass is 9.79. The first-order valence-corrected chi connectivity index (χ1v) is 11.8. The average Bonchev–Trinajstić information content (AvgIpc) is 2.79. The second-order valence-electron chi connectivity index (χ2n) is 9.39. The minimum atomic E-state index is -0.861. The first kappa shape index (κ1) is 21.0. The number of carboxylic acid groups (broad SMARTS) is 1. The lowest BCUT2D eigenvalue weighted by Gasteiger charge is -2.29. The highest BCUT2D eigenvalue weighted by molar-refractivity contribution is 5.90. The van der Waals surface area contributed by atoms with Crippen LogP contribution in [-0.4, -0.2) is 18.1 Å². The summed E-state index contributed by atoms with van der Waals surface area (Å²) in [7, 11) is 2.11. The van der Waals surface area contributed by atoms with Gasteiger partial charge in [0.25, 0.3) is 0 Å². The first-order valence-electron chi connectivity index (χ1n) is 11.8. The van der Waals surface area contributed by atoms with Gasteiger partial charge in [0.1, 0.15) is 0 Å². The van der Waals surface area contributed by atoms with E-state index in [4.69, 9.17) is 0 Å². The Labute approximate surface area is 181 Å². The number of hydrogen-bond acceptors (Lipinski definition) is 2. The van der Waals surface area contributed by atoms with Gasteiger partial charge in [-0.05, 0) is 91.5 Å². The molecule has 3 nitrogen and oxygen atoms in total. The maximum atomic E-state index is 11.4. The monoisotopic (exact) mass is 405 g/mol. The SMILES string of the molecule is Cc1cc(N(C)c2cc(C3CCCCC3)cc(C3CCCCC3)c2)ccc1C(=O)O. The van der Waals surface area contributed by atoms with Crippen molar-refractivity contribution in [2.24, 2.45) is 0 Å². The van der Waals surface area contributed by atoms with Crippen molar-refractivity contribution in [1.82, 2.24) is 0 Å². The second-order valence-corrected chi connectivity index (χ2v) is 9.39. The predicted octanol–water partition coefficient (Wildman–Crippen LogP) is 7.56. The maximum absolute atomic E-state index is 11.4. The number of carbonyl (C=O) groups is 1. The quantitative estimate of drug-likeness (QED) is 0.558. The Morgan fingerprint density at radius 2 is 1.33 bits per heavy atom. The molecule has 0 radical (unpaired) electrons. The second kappa shape index (κ2) is 9.24. The summed E-state index contributed by atoms with van der Waals surface area (Å²) >= 11 is 0. The lowest BCUT2D eigenvalue weighted by molar-refractivity contribution is 0.0696. The Balaban J connectivity index is 1.69. The van der Waals surface area contributed by atoms with Gasteiger partial charge in [-0.1, -0.05) is 44.6 Å². The van der Waals surface area contributed by atoms with E-state index < -0.39 is 5.97 Å². The van der Waals surface area contributed by atoms with Crippen molar-refractivity contribution in [3.05, 3.63) is 58.7 Å². The van der Waals surface area contributed by atoms with Crippen molar-refractivity contribution >= 4 is 17.3 Å². The Kier molecular flexibility index (Phi) is 6.46. The van der Waals surface area contributed by atoms with E-state index in [9.17, 15) is 9.90 Å². The minimum Gasteiger partial charge on any atom is -0.478 e. The van der Waals surface area contributed by atoms with Crippen LogP contribution in [0.4, 0.5) is 11.4 Å². The Hall–Kier alpha value is -2.29. The molecule has 0 amide bonds. The number of anilines is 2. The average molecular weight is 406 g/mol. The lowest BCUT2D eigenvalue weighted by Crippen LogP contribution is -2.14. The Morgan fingerprint density at radius 3 is 1.80 bits per heavy atom. The molecule has 2 aromatic rings. The number of rotatable bonds is 5. The smallest absolute Gasteiger partial charge is 0.335 e. The fourth-order valence-electron chi connectivity index (χ4n) is 5.44. The van der Waals surface area contributed by atoms with Crippen LogP contribution in [0.3, 0.4) is 0 Å². The van der Waals surface area contributed by atoms with Gasteiger partial charge < -0.3 is 10.0 Å². The van der Waals surface area contributed by atoms with E-state index in [1.54, 1.807) is 6.07 Å². The molecule has 160 valence electrons. The molecule has 0 saturated heterocycles. The zero-order valence-electron chi connectivity index (χ0n) is 18.5. The van der Waals surface area contributed by atoms with E-state index in [-0.39, 0.29) is 0 Å². The van der Waals surface area contributed by atoms with E-state index in [2.05, 4.69) is 30.1 Å². The zero-order chi connectivity index (χ0) is 21.1. The molecule has 0 aromatic heterocycles. The molecule has 2 aliphatic rings. The van der Waals surface area contributed by atoms with Gasteiger partial charge in [-0.25, -0.2) is 4.79 Å². The van der Waals surface area contributed by atoms with Crippen LogP contribution in [0.5, 0.6) is 0 Å². The van der Waals surface area contributed by atoms with Crippen LogP contribution in [0.1, 0.15) is 103 Å². The molecule has 2 aliphatic carbocycles. The fourth-order valence-corrected chi connectivity index (χ4v) is 5.44. The van der Waals surface area contributed by atoms with E-state index in [0.29, 0.717) is 17.4 Å². The van der Waals surface area contributed by atoms with Crippen molar-refractivity contribution < 1.29 is 9.90 Å². The third kappa shape index (κ3) is 4.55. The maximum Gasteiger partial charge on any atom is 0.335 e. The number of benzene rings is 2. The summed E-state index contributed by atoms with van der Waals surface area (Å²) in [5.74, 6) is 0.511. The van der Waals surface area contributed by atoms with Crippen LogP contribution >= 0.6 is 0 Å². The summed E-state index contributed by atoms with van der Waals surface area (Å²) in [4.78, 5) is 13.6. The molecule has 30 heavy (non-hydrogen) atoms. The van der Waals surface area contributed by atoms with Gasteiger partial charge in [-0.15, -0.1) is 0 Å². The van der Waals surface area contributed by atoms with E-state index in [1.165, 1.54) is 81.0 Å². The molecular weight excluding hydrogens is 370 g/mol. The fraction of sp³-hybridized carbons (Fsp3) is 0.519. The third-order valence-electron chi connectivity index (χ3n) is 7.33. The van der Waals surface area contributed by atoms with Gasteiger partial charge in [-0.3, -0.25) is 0 Å². The molecule has 3 heteroatoms. The first-order chi connectivity index (χ1) is 14.5. The summed E-state index contributed by atoms with van der Waals surface area (Å²) in [6.45, 7) is 1.88. The third-order valence-corrected chi connectivity index (χ3v) is 7.33. The summed E-state index contributed by atoms with van der Waals surface area (Å²) in [5, 5.41) is 9.36. The van der Waals surface area contributed by atoms with Crippen molar-refractivity contribution in [2.75, 3.05) is 11.9 Å².